The summed E-state index contributed by atoms with van der Waals surface area (Å²) in [6.45, 7) is 0.246. The first-order chi connectivity index (χ1) is 15.5. The average molecular weight is 502 g/mol. The molecule has 0 bridgehead atoms. The van der Waals surface area contributed by atoms with Crippen molar-refractivity contribution in [1.82, 2.24) is 14.5 Å². The molecule has 0 fully saturated rings. The standard InChI is InChI=1S/C23H14Cl2FN3OS2/c24-16-7-2-1-5-13(16)11-29-22(30)20-19(14-6-4-10-27-21(14)32-20)28-23(29)31-12-15-17(25)8-3-9-18(15)26/h1-10H,11-12H2. The van der Waals surface area contributed by atoms with Gasteiger partial charge >= 0.3 is 0 Å². The molecule has 0 unspecified atom stereocenters. The first-order valence-corrected chi connectivity index (χ1v) is 12.2. The van der Waals surface area contributed by atoms with Gasteiger partial charge < -0.3 is 0 Å². The van der Waals surface area contributed by atoms with Gasteiger partial charge in [-0.15, -0.1) is 11.3 Å². The maximum absolute atomic E-state index is 14.3. The monoisotopic (exact) mass is 501 g/mol. The van der Waals surface area contributed by atoms with Crippen molar-refractivity contribution in [3.05, 3.63) is 98.1 Å². The molecule has 0 spiro atoms. The van der Waals surface area contributed by atoms with Crippen molar-refractivity contribution in [2.45, 2.75) is 17.5 Å². The zero-order valence-corrected chi connectivity index (χ0v) is 19.5. The Morgan fingerprint density at radius 3 is 2.66 bits per heavy atom. The maximum Gasteiger partial charge on any atom is 0.272 e. The van der Waals surface area contributed by atoms with Crippen LogP contribution in [0.15, 0.2) is 70.7 Å². The third kappa shape index (κ3) is 3.90. The highest BCUT2D eigenvalue weighted by atomic mass is 35.5. The number of benzene rings is 2. The summed E-state index contributed by atoms with van der Waals surface area (Å²) >= 11 is 15.1. The smallest absolute Gasteiger partial charge is 0.272 e. The normalized spacial score (nSPS) is 11.5. The van der Waals surface area contributed by atoms with Gasteiger partial charge in [-0.2, -0.15) is 0 Å². The molecule has 5 rings (SSSR count). The minimum Gasteiger partial charge on any atom is -0.282 e. The van der Waals surface area contributed by atoms with Gasteiger partial charge in [0.1, 0.15) is 15.3 Å². The Balaban J connectivity index is 1.67. The van der Waals surface area contributed by atoms with Gasteiger partial charge in [0, 0.05) is 32.9 Å². The Labute approximate surface area is 200 Å². The summed E-state index contributed by atoms with van der Waals surface area (Å²) in [5.41, 5.74) is 1.58. The summed E-state index contributed by atoms with van der Waals surface area (Å²) in [5.74, 6) is -0.164. The van der Waals surface area contributed by atoms with Gasteiger partial charge in [-0.1, -0.05) is 59.2 Å². The number of fused-ring (bicyclic) bond motifs is 3. The Kier molecular flexibility index (Phi) is 5.90. The Morgan fingerprint density at radius 2 is 1.84 bits per heavy atom. The predicted octanol–water partition coefficient (Wildman–Crippen LogP) is 6.79. The van der Waals surface area contributed by atoms with Gasteiger partial charge in [0.2, 0.25) is 0 Å². The highest BCUT2D eigenvalue weighted by Gasteiger charge is 2.19. The summed E-state index contributed by atoms with van der Waals surface area (Å²) in [5, 5.41) is 2.18. The molecular weight excluding hydrogens is 488 g/mol. The van der Waals surface area contributed by atoms with Crippen LogP contribution < -0.4 is 5.56 Å². The molecule has 32 heavy (non-hydrogen) atoms. The van der Waals surface area contributed by atoms with E-state index in [-0.39, 0.29) is 17.9 Å². The van der Waals surface area contributed by atoms with Crippen LogP contribution in [0.3, 0.4) is 0 Å². The van der Waals surface area contributed by atoms with Gasteiger partial charge in [0.15, 0.2) is 5.16 Å². The number of hydrogen-bond acceptors (Lipinski definition) is 5. The van der Waals surface area contributed by atoms with E-state index < -0.39 is 5.82 Å². The van der Waals surface area contributed by atoms with E-state index in [1.165, 1.54) is 29.2 Å². The summed E-state index contributed by atoms with van der Waals surface area (Å²) < 4.78 is 16.4. The van der Waals surface area contributed by atoms with Crippen LogP contribution in [-0.4, -0.2) is 14.5 Å². The molecule has 0 saturated carbocycles. The van der Waals surface area contributed by atoms with Crippen LogP contribution in [0, 0.1) is 5.82 Å². The quantitative estimate of drug-likeness (QED) is 0.196. The zero-order chi connectivity index (χ0) is 22.2. The van der Waals surface area contributed by atoms with Crippen molar-refractivity contribution < 1.29 is 4.39 Å². The largest absolute Gasteiger partial charge is 0.282 e. The fraction of sp³-hybridized carbons (Fsp3) is 0.0870. The molecule has 4 nitrogen and oxygen atoms in total. The van der Waals surface area contributed by atoms with E-state index in [9.17, 15) is 9.18 Å². The molecule has 0 N–H and O–H groups in total. The molecule has 0 radical (unpaired) electrons. The number of nitrogens with zero attached hydrogens (tertiary/aromatic N) is 3. The molecule has 160 valence electrons. The molecule has 2 aromatic carbocycles. The lowest BCUT2D eigenvalue weighted by molar-refractivity contribution is 0.617. The van der Waals surface area contributed by atoms with Crippen LogP contribution in [-0.2, 0) is 12.3 Å². The average Bonchev–Trinajstić information content (AvgIpc) is 3.16. The molecule has 9 heteroatoms. The molecule has 0 aliphatic carbocycles. The second-order valence-electron chi connectivity index (χ2n) is 7.00. The lowest BCUT2D eigenvalue weighted by Crippen LogP contribution is -2.23. The van der Waals surface area contributed by atoms with E-state index in [4.69, 9.17) is 28.2 Å². The highest BCUT2D eigenvalue weighted by molar-refractivity contribution is 7.98. The first-order valence-electron chi connectivity index (χ1n) is 9.60. The minimum absolute atomic E-state index is 0.181. The summed E-state index contributed by atoms with van der Waals surface area (Å²) in [7, 11) is 0. The zero-order valence-electron chi connectivity index (χ0n) is 16.4. The van der Waals surface area contributed by atoms with E-state index in [0.29, 0.717) is 31.0 Å². The van der Waals surface area contributed by atoms with E-state index >= 15 is 0 Å². The SMILES string of the molecule is O=c1c2sc3ncccc3c2nc(SCc2c(F)cccc2Cl)n1Cc1ccccc1Cl. The lowest BCUT2D eigenvalue weighted by atomic mass is 10.2. The molecule has 3 aromatic heterocycles. The summed E-state index contributed by atoms with van der Waals surface area (Å²) in [4.78, 5) is 23.5. The van der Waals surface area contributed by atoms with Crippen molar-refractivity contribution in [3.8, 4) is 0 Å². The Bertz CT molecular complexity index is 1510. The topological polar surface area (TPSA) is 47.8 Å². The number of halogens is 3. The van der Waals surface area contributed by atoms with Crippen LogP contribution in [0.2, 0.25) is 10.0 Å². The molecule has 0 atom stereocenters. The molecule has 3 heterocycles. The Morgan fingerprint density at radius 1 is 1.03 bits per heavy atom. The molecule has 5 aromatic rings. The number of pyridine rings is 1. The van der Waals surface area contributed by atoms with Crippen LogP contribution in [0.1, 0.15) is 11.1 Å². The van der Waals surface area contributed by atoms with Crippen molar-refractivity contribution in [2.75, 3.05) is 0 Å². The van der Waals surface area contributed by atoms with Crippen LogP contribution in [0.5, 0.6) is 0 Å². The number of thioether (sulfide) groups is 1. The van der Waals surface area contributed by atoms with Crippen molar-refractivity contribution in [2.24, 2.45) is 0 Å². The highest BCUT2D eigenvalue weighted by Crippen LogP contribution is 2.33. The van der Waals surface area contributed by atoms with E-state index in [1.54, 1.807) is 29.0 Å². The molecular formula is C23H14Cl2FN3OS2. The predicted molar refractivity (Wildman–Crippen MR) is 131 cm³/mol. The molecule has 0 aliphatic rings. The second kappa shape index (κ2) is 8.83. The number of thiophene rings is 1. The molecule has 0 saturated heterocycles. The fourth-order valence-electron chi connectivity index (χ4n) is 3.39. The van der Waals surface area contributed by atoms with Crippen LogP contribution in [0.25, 0.3) is 20.4 Å². The summed E-state index contributed by atoms with van der Waals surface area (Å²) in [6, 6.07) is 15.6. The second-order valence-corrected chi connectivity index (χ2v) is 9.76. The van der Waals surface area contributed by atoms with Gasteiger partial charge in [-0.3, -0.25) is 9.36 Å². The maximum atomic E-state index is 14.3. The van der Waals surface area contributed by atoms with Crippen molar-refractivity contribution in [1.29, 1.82) is 0 Å². The van der Waals surface area contributed by atoms with E-state index in [0.717, 1.165) is 15.8 Å². The third-order valence-electron chi connectivity index (χ3n) is 5.01. The molecule has 0 aliphatic heterocycles. The van der Waals surface area contributed by atoms with Crippen LogP contribution in [0.4, 0.5) is 4.39 Å². The number of hydrogen-bond donors (Lipinski definition) is 0. The lowest BCUT2D eigenvalue weighted by Gasteiger charge is -2.13. The minimum atomic E-state index is -0.392. The first kappa shape index (κ1) is 21.4. The van der Waals surface area contributed by atoms with E-state index in [1.807, 2.05) is 30.3 Å². The van der Waals surface area contributed by atoms with Gasteiger partial charge in [-0.05, 0) is 35.9 Å². The van der Waals surface area contributed by atoms with Crippen molar-refractivity contribution in [3.63, 3.8) is 0 Å². The summed E-state index contributed by atoms with van der Waals surface area (Å²) in [6.07, 6.45) is 1.69. The Hall–Kier alpha value is -2.45. The third-order valence-corrected chi connectivity index (χ3v) is 7.83. The van der Waals surface area contributed by atoms with Crippen LogP contribution >= 0.6 is 46.3 Å². The van der Waals surface area contributed by atoms with Gasteiger partial charge in [0.25, 0.3) is 5.56 Å². The van der Waals surface area contributed by atoms with Gasteiger partial charge in [-0.25, -0.2) is 14.4 Å². The van der Waals surface area contributed by atoms with Crippen molar-refractivity contribution >= 4 is 66.7 Å². The number of rotatable bonds is 5. The fourth-order valence-corrected chi connectivity index (χ4v) is 5.96. The van der Waals surface area contributed by atoms with Gasteiger partial charge in [0.05, 0.1) is 12.1 Å². The van der Waals surface area contributed by atoms with E-state index in [2.05, 4.69) is 4.98 Å². The number of aromatic nitrogens is 3. The molecule has 0 amide bonds.